The summed E-state index contributed by atoms with van der Waals surface area (Å²) in [6.07, 6.45) is 0. The number of rotatable bonds is 2. The predicted molar refractivity (Wildman–Crippen MR) is 77.3 cm³/mol. The Labute approximate surface area is 114 Å². The fraction of sp³-hybridized carbons (Fsp3) is 0.571. The molecule has 3 nitrogen and oxygen atoms in total. The van der Waals surface area contributed by atoms with Crippen molar-refractivity contribution < 1.29 is 4.74 Å². The fourth-order valence-corrected chi connectivity index (χ4v) is 2.82. The van der Waals surface area contributed by atoms with Crippen LogP contribution in [0.3, 0.4) is 0 Å². The SMILES string of the molecule is COc1c(C)c(C)c(Cl)c(C)c1N1CCNCC1. The van der Waals surface area contributed by atoms with Crippen LogP contribution in [-0.4, -0.2) is 33.3 Å². The maximum absolute atomic E-state index is 6.44. The summed E-state index contributed by atoms with van der Waals surface area (Å²) in [5.41, 5.74) is 4.54. The van der Waals surface area contributed by atoms with Crippen molar-refractivity contribution in [3.8, 4) is 5.75 Å². The Bertz CT molecular complexity index is 454. The molecule has 2 rings (SSSR count). The van der Waals surface area contributed by atoms with Crippen molar-refractivity contribution in [1.29, 1.82) is 0 Å². The fourth-order valence-electron chi connectivity index (χ4n) is 2.59. The third kappa shape index (κ3) is 2.17. The van der Waals surface area contributed by atoms with Crippen molar-refractivity contribution in [2.45, 2.75) is 20.8 Å². The number of methoxy groups -OCH3 is 1. The van der Waals surface area contributed by atoms with Gasteiger partial charge < -0.3 is 15.0 Å². The van der Waals surface area contributed by atoms with Crippen LogP contribution in [0.25, 0.3) is 0 Å². The van der Waals surface area contributed by atoms with Crippen LogP contribution in [0.2, 0.25) is 5.02 Å². The lowest BCUT2D eigenvalue weighted by Gasteiger charge is -2.33. The Morgan fingerprint density at radius 3 is 2.22 bits per heavy atom. The molecular weight excluding hydrogens is 248 g/mol. The van der Waals surface area contributed by atoms with Crippen LogP contribution in [0.15, 0.2) is 0 Å². The summed E-state index contributed by atoms with van der Waals surface area (Å²) in [6.45, 7) is 10.2. The molecule has 100 valence electrons. The summed E-state index contributed by atoms with van der Waals surface area (Å²) >= 11 is 6.44. The van der Waals surface area contributed by atoms with Gasteiger partial charge in [-0.2, -0.15) is 0 Å². The molecule has 0 unspecified atom stereocenters. The van der Waals surface area contributed by atoms with Gasteiger partial charge in [0.2, 0.25) is 0 Å². The van der Waals surface area contributed by atoms with E-state index in [4.69, 9.17) is 16.3 Å². The van der Waals surface area contributed by atoms with Crippen LogP contribution in [0, 0.1) is 20.8 Å². The summed E-state index contributed by atoms with van der Waals surface area (Å²) in [6, 6.07) is 0. The lowest BCUT2D eigenvalue weighted by molar-refractivity contribution is 0.409. The van der Waals surface area contributed by atoms with Gasteiger partial charge in [-0.05, 0) is 37.5 Å². The Hall–Kier alpha value is -0.930. The second-order valence-corrected chi connectivity index (χ2v) is 5.19. The van der Waals surface area contributed by atoms with Crippen LogP contribution < -0.4 is 15.0 Å². The minimum atomic E-state index is 0.863. The smallest absolute Gasteiger partial charge is 0.145 e. The van der Waals surface area contributed by atoms with E-state index in [1.807, 2.05) is 0 Å². The number of halogens is 1. The molecule has 1 aromatic rings. The molecule has 1 fully saturated rings. The zero-order valence-corrected chi connectivity index (χ0v) is 12.3. The second kappa shape index (κ2) is 5.37. The summed E-state index contributed by atoms with van der Waals surface area (Å²) in [4.78, 5) is 2.36. The summed E-state index contributed by atoms with van der Waals surface area (Å²) in [5.74, 6) is 0.969. The first-order chi connectivity index (χ1) is 8.57. The van der Waals surface area contributed by atoms with Crippen molar-refractivity contribution in [2.24, 2.45) is 0 Å². The standard InChI is InChI=1S/C14H21ClN2O/c1-9-10(2)14(18-4)13(11(3)12(9)15)17-7-5-16-6-8-17/h16H,5-8H2,1-4H3. The minimum Gasteiger partial charge on any atom is -0.494 e. The van der Waals surface area contributed by atoms with Gasteiger partial charge in [0.05, 0.1) is 12.8 Å². The third-order valence-corrected chi connectivity index (χ3v) is 4.34. The molecular formula is C14H21ClN2O. The van der Waals surface area contributed by atoms with Crippen LogP contribution in [0.5, 0.6) is 5.75 Å². The lowest BCUT2D eigenvalue weighted by atomic mass is 10.0. The number of hydrogen-bond acceptors (Lipinski definition) is 3. The molecule has 0 atom stereocenters. The van der Waals surface area contributed by atoms with Crippen molar-refractivity contribution in [2.75, 3.05) is 38.2 Å². The van der Waals surface area contributed by atoms with Gasteiger partial charge in [0.25, 0.3) is 0 Å². The molecule has 0 radical (unpaired) electrons. The first kappa shape index (κ1) is 13.5. The van der Waals surface area contributed by atoms with Crippen molar-refractivity contribution in [3.63, 3.8) is 0 Å². The number of piperazine rings is 1. The molecule has 0 saturated carbocycles. The molecule has 1 heterocycles. The van der Waals surface area contributed by atoms with E-state index in [-0.39, 0.29) is 0 Å². The number of ether oxygens (including phenoxy) is 1. The van der Waals surface area contributed by atoms with E-state index in [0.29, 0.717) is 0 Å². The van der Waals surface area contributed by atoms with Crippen molar-refractivity contribution in [1.82, 2.24) is 5.32 Å². The van der Waals surface area contributed by atoms with Gasteiger partial charge in [0.1, 0.15) is 5.75 Å². The van der Waals surface area contributed by atoms with Crippen LogP contribution in [0.1, 0.15) is 16.7 Å². The zero-order chi connectivity index (χ0) is 13.3. The largest absolute Gasteiger partial charge is 0.494 e. The Kier molecular flexibility index (Phi) is 4.03. The number of hydrogen-bond donors (Lipinski definition) is 1. The Morgan fingerprint density at radius 1 is 1.06 bits per heavy atom. The number of nitrogens with zero attached hydrogens (tertiary/aromatic N) is 1. The van der Waals surface area contributed by atoms with Gasteiger partial charge in [-0.15, -0.1) is 0 Å². The lowest BCUT2D eigenvalue weighted by Crippen LogP contribution is -2.44. The van der Waals surface area contributed by atoms with E-state index in [1.165, 1.54) is 0 Å². The minimum absolute atomic E-state index is 0.863. The van der Waals surface area contributed by atoms with Crippen LogP contribution in [0.4, 0.5) is 5.69 Å². The second-order valence-electron chi connectivity index (χ2n) is 4.81. The molecule has 18 heavy (non-hydrogen) atoms. The molecule has 1 aromatic carbocycles. The maximum atomic E-state index is 6.44. The number of benzene rings is 1. The van der Waals surface area contributed by atoms with E-state index >= 15 is 0 Å². The summed E-state index contributed by atoms with van der Waals surface area (Å²) in [5, 5.41) is 4.23. The molecule has 4 heteroatoms. The van der Waals surface area contributed by atoms with Crippen molar-refractivity contribution >= 4 is 17.3 Å². The van der Waals surface area contributed by atoms with Gasteiger partial charge in [-0.25, -0.2) is 0 Å². The molecule has 1 aliphatic heterocycles. The first-order valence-corrected chi connectivity index (χ1v) is 6.74. The molecule has 1 saturated heterocycles. The zero-order valence-electron chi connectivity index (χ0n) is 11.6. The van der Waals surface area contributed by atoms with E-state index in [9.17, 15) is 0 Å². The van der Waals surface area contributed by atoms with Gasteiger partial charge in [-0.1, -0.05) is 11.6 Å². The monoisotopic (exact) mass is 268 g/mol. The van der Waals surface area contributed by atoms with Crippen LogP contribution >= 0.6 is 11.6 Å². The van der Waals surface area contributed by atoms with E-state index in [2.05, 4.69) is 31.0 Å². The third-order valence-electron chi connectivity index (χ3n) is 3.77. The highest BCUT2D eigenvalue weighted by molar-refractivity contribution is 6.32. The maximum Gasteiger partial charge on any atom is 0.145 e. The summed E-state index contributed by atoms with van der Waals surface area (Å²) < 4.78 is 5.63. The van der Waals surface area contributed by atoms with E-state index in [1.54, 1.807) is 7.11 Å². The first-order valence-electron chi connectivity index (χ1n) is 6.36. The van der Waals surface area contributed by atoms with E-state index in [0.717, 1.165) is 59.3 Å². The molecule has 0 spiro atoms. The Balaban J connectivity index is 2.56. The quantitative estimate of drug-likeness (QED) is 0.893. The predicted octanol–water partition coefficient (Wildman–Crippen LogP) is 2.68. The topological polar surface area (TPSA) is 24.5 Å². The van der Waals surface area contributed by atoms with Crippen LogP contribution in [-0.2, 0) is 0 Å². The Morgan fingerprint density at radius 2 is 1.67 bits per heavy atom. The normalized spacial score (nSPS) is 15.9. The van der Waals surface area contributed by atoms with Crippen molar-refractivity contribution in [3.05, 3.63) is 21.7 Å². The molecule has 1 aliphatic rings. The molecule has 0 bridgehead atoms. The van der Waals surface area contributed by atoms with E-state index < -0.39 is 0 Å². The highest BCUT2D eigenvalue weighted by Crippen LogP contribution is 2.41. The average molecular weight is 269 g/mol. The summed E-state index contributed by atoms with van der Waals surface area (Å²) in [7, 11) is 1.74. The highest BCUT2D eigenvalue weighted by atomic mass is 35.5. The van der Waals surface area contributed by atoms with Gasteiger partial charge in [-0.3, -0.25) is 0 Å². The molecule has 0 amide bonds. The molecule has 0 aliphatic carbocycles. The number of anilines is 1. The number of nitrogens with one attached hydrogen (secondary N) is 1. The highest BCUT2D eigenvalue weighted by Gasteiger charge is 2.22. The van der Waals surface area contributed by atoms with Gasteiger partial charge in [0.15, 0.2) is 0 Å². The molecule has 1 N–H and O–H groups in total. The average Bonchev–Trinajstić information content (AvgIpc) is 2.41. The van der Waals surface area contributed by atoms with Gasteiger partial charge >= 0.3 is 0 Å². The molecule has 0 aromatic heterocycles. The van der Waals surface area contributed by atoms with Gasteiger partial charge in [0, 0.05) is 31.2 Å².